The second-order valence-electron chi connectivity index (χ2n) is 3.80. The number of aliphatic hydroxyl groups is 1. The number of aromatic nitrogens is 1. The molecule has 16 heavy (non-hydrogen) atoms. The van der Waals surface area contributed by atoms with Gasteiger partial charge in [-0.15, -0.1) is 0 Å². The predicted molar refractivity (Wildman–Crippen MR) is 67.7 cm³/mol. The maximum absolute atomic E-state index is 10.2. The first-order valence-electron chi connectivity index (χ1n) is 5.04. The maximum atomic E-state index is 10.2. The maximum Gasteiger partial charge on any atom is 0.0980 e. The molecule has 1 aliphatic heterocycles. The monoisotopic (exact) mass is 295 g/mol. The highest BCUT2D eigenvalue weighted by Crippen LogP contribution is 2.39. The molecule has 0 saturated carbocycles. The van der Waals surface area contributed by atoms with Crippen molar-refractivity contribution in [2.24, 2.45) is 0 Å². The van der Waals surface area contributed by atoms with E-state index in [4.69, 9.17) is 0 Å². The van der Waals surface area contributed by atoms with Crippen molar-refractivity contribution in [1.82, 2.24) is 4.57 Å². The fourth-order valence-corrected chi connectivity index (χ4v) is 3.36. The summed E-state index contributed by atoms with van der Waals surface area (Å²) in [7, 11) is 0. The lowest BCUT2D eigenvalue weighted by Gasteiger charge is -2.11. The van der Waals surface area contributed by atoms with Crippen molar-refractivity contribution < 1.29 is 5.11 Å². The SMILES string of the molecule is OC1Cn2cccc2Sc2ccc(Br)cc21. The van der Waals surface area contributed by atoms with Crippen LogP contribution in [-0.4, -0.2) is 9.67 Å². The number of halogens is 1. The van der Waals surface area contributed by atoms with Gasteiger partial charge in [0.2, 0.25) is 0 Å². The molecule has 3 rings (SSSR count). The zero-order chi connectivity index (χ0) is 11.1. The highest BCUT2D eigenvalue weighted by atomic mass is 79.9. The van der Waals surface area contributed by atoms with Gasteiger partial charge >= 0.3 is 0 Å². The Morgan fingerprint density at radius 2 is 2.25 bits per heavy atom. The first kappa shape index (κ1) is 10.4. The van der Waals surface area contributed by atoms with Crippen LogP contribution < -0.4 is 0 Å². The van der Waals surface area contributed by atoms with E-state index in [1.165, 1.54) is 5.03 Å². The van der Waals surface area contributed by atoms with Crippen molar-refractivity contribution in [3.05, 3.63) is 46.6 Å². The topological polar surface area (TPSA) is 25.2 Å². The number of hydrogen-bond acceptors (Lipinski definition) is 2. The Morgan fingerprint density at radius 1 is 1.38 bits per heavy atom. The molecule has 0 radical (unpaired) electrons. The molecule has 1 N–H and O–H groups in total. The summed E-state index contributed by atoms with van der Waals surface area (Å²) in [6.07, 6.45) is 1.57. The quantitative estimate of drug-likeness (QED) is 0.805. The minimum atomic E-state index is -0.436. The third-order valence-electron chi connectivity index (χ3n) is 2.70. The van der Waals surface area contributed by atoms with Crippen LogP contribution in [0, 0.1) is 0 Å². The lowest BCUT2D eigenvalue weighted by Crippen LogP contribution is -2.06. The standard InChI is InChI=1S/C12H10BrNOS/c13-8-3-4-11-9(6-8)10(15)7-14-5-1-2-12(14)16-11/h1-6,10,15H,7H2. The second kappa shape index (κ2) is 3.95. The molecule has 0 bridgehead atoms. The summed E-state index contributed by atoms with van der Waals surface area (Å²) in [6.45, 7) is 0.624. The molecule has 0 fully saturated rings. The van der Waals surface area contributed by atoms with Crippen molar-refractivity contribution in [3.63, 3.8) is 0 Å². The fourth-order valence-electron chi connectivity index (χ4n) is 1.91. The third kappa shape index (κ3) is 1.71. The van der Waals surface area contributed by atoms with Gasteiger partial charge in [0.1, 0.15) is 0 Å². The zero-order valence-electron chi connectivity index (χ0n) is 8.43. The molecule has 82 valence electrons. The van der Waals surface area contributed by atoms with E-state index in [0.29, 0.717) is 6.54 Å². The molecule has 4 heteroatoms. The molecule has 2 aromatic rings. The van der Waals surface area contributed by atoms with E-state index in [9.17, 15) is 5.11 Å². The summed E-state index contributed by atoms with van der Waals surface area (Å²) in [5, 5.41) is 11.4. The first-order chi connectivity index (χ1) is 7.74. The van der Waals surface area contributed by atoms with E-state index in [-0.39, 0.29) is 0 Å². The van der Waals surface area contributed by atoms with Crippen molar-refractivity contribution in [1.29, 1.82) is 0 Å². The van der Waals surface area contributed by atoms with Gasteiger partial charge in [0.05, 0.1) is 17.7 Å². The Balaban J connectivity index is 2.14. The number of rotatable bonds is 0. The van der Waals surface area contributed by atoms with Gasteiger partial charge in [0, 0.05) is 15.6 Å². The minimum Gasteiger partial charge on any atom is -0.386 e. The van der Waals surface area contributed by atoms with Gasteiger partial charge in [-0.3, -0.25) is 0 Å². The summed E-state index contributed by atoms with van der Waals surface area (Å²) in [6, 6.07) is 10.2. The van der Waals surface area contributed by atoms with Crippen LogP contribution in [0.5, 0.6) is 0 Å². The summed E-state index contributed by atoms with van der Waals surface area (Å²) in [5.41, 5.74) is 1.00. The minimum absolute atomic E-state index is 0.436. The third-order valence-corrected chi connectivity index (χ3v) is 4.37. The predicted octanol–water partition coefficient (Wildman–Crippen LogP) is 3.45. The van der Waals surface area contributed by atoms with Crippen molar-refractivity contribution in [3.8, 4) is 0 Å². The zero-order valence-corrected chi connectivity index (χ0v) is 10.8. The van der Waals surface area contributed by atoms with E-state index in [1.54, 1.807) is 11.8 Å². The van der Waals surface area contributed by atoms with Crippen molar-refractivity contribution in [2.45, 2.75) is 22.6 Å². The van der Waals surface area contributed by atoms with E-state index in [1.807, 2.05) is 24.4 Å². The van der Waals surface area contributed by atoms with Gasteiger partial charge in [0.15, 0.2) is 0 Å². The molecule has 1 aromatic carbocycles. The van der Waals surface area contributed by atoms with E-state index < -0.39 is 6.10 Å². The van der Waals surface area contributed by atoms with Crippen LogP contribution in [0.4, 0.5) is 0 Å². The summed E-state index contributed by atoms with van der Waals surface area (Å²) < 4.78 is 3.10. The van der Waals surface area contributed by atoms with Gasteiger partial charge in [-0.2, -0.15) is 0 Å². The number of nitrogens with zero attached hydrogens (tertiary/aromatic N) is 1. The molecule has 1 atom stereocenters. The molecule has 1 aromatic heterocycles. The first-order valence-corrected chi connectivity index (χ1v) is 6.65. The Labute approximate surface area is 106 Å². The molecular formula is C12H10BrNOS. The van der Waals surface area contributed by atoms with Crippen LogP contribution in [0.3, 0.4) is 0 Å². The van der Waals surface area contributed by atoms with Gasteiger partial charge < -0.3 is 9.67 Å². The van der Waals surface area contributed by atoms with Gasteiger partial charge in [-0.1, -0.05) is 27.7 Å². The van der Waals surface area contributed by atoms with Gasteiger partial charge in [-0.05, 0) is 35.9 Å². The summed E-state index contributed by atoms with van der Waals surface area (Å²) in [4.78, 5) is 1.13. The van der Waals surface area contributed by atoms with Crippen LogP contribution in [0.25, 0.3) is 0 Å². The van der Waals surface area contributed by atoms with Crippen LogP contribution >= 0.6 is 27.7 Å². The van der Waals surface area contributed by atoms with Gasteiger partial charge in [0.25, 0.3) is 0 Å². The molecule has 0 saturated heterocycles. The van der Waals surface area contributed by atoms with Crippen LogP contribution in [0.1, 0.15) is 11.7 Å². The molecule has 0 spiro atoms. The Hall–Kier alpha value is -0.710. The molecular weight excluding hydrogens is 286 g/mol. The summed E-state index contributed by atoms with van der Waals surface area (Å²) in [5.74, 6) is 0. The van der Waals surface area contributed by atoms with E-state index >= 15 is 0 Å². The highest BCUT2D eigenvalue weighted by molar-refractivity contribution is 9.10. The Morgan fingerprint density at radius 3 is 3.12 bits per heavy atom. The molecule has 2 nitrogen and oxygen atoms in total. The number of hydrogen-bond donors (Lipinski definition) is 1. The smallest absolute Gasteiger partial charge is 0.0980 e. The van der Waals surface area contributed by atoms with Crippen molar-refractivity contribution in [2.75, 3.05) is 0 Å². The number of fused-ring (bicyclic) bond motifs is 2. The molecule has 1 aliphatic rings. The average Bonchev–Trinajstić information content (AvgIpc) is 2.63. The number of aliphatic hydroxyl groups excluding tert-OH is 1. The fraction of sp³-hybridized carbons (Fsp3) is 0.167. The van der Waals surface area contributed by atoms with Crippen LogP contribution in [0.2, 0.25) is 0 Å². The Bertz CT molecular complexity index is 538. The average molecular weight is 296 g/mol. The largest absolute Gasteiger partial charge is 0.386 e. The second-order valence-corrected chi connectivity index (χ2v) is 5.78. The van der Waals surface area contributed by atoms with E-state index in [0.717, 1.165) is 14.9 Å². The molecule has 0 amide bonds. The normalized spacial score (nSPS) is 18.8. The lowest BCUT2D eigenvalue weighted by atomic mass is 10.1. The molecule has 1 unspecified atom stereocenters. The summed E-state index contributed by atoms with van der Waals surface area (Å²) >= 11 is 5.15. The van der Waals surface area contributed by atoms with E-state index in [2.05, 4.69) is 32.6 Å². The molecule has 2 heterocycles. The van der Waals surface area contributed by atoms with Crippen molar-refractivity contribution >= 4 is 27.7 Å². The highest BCUT2D eigenvalue weighted by Gasteiger charge is 2.20. The van der Waals surface area contributed by atoms with Crippen LogP contribution in [0.15, 0.2) is 50.9 Å². The lowest BCUT2D eigenvalue weighted by molar-refractivity contribution is 0.152. The van der Waals surface area contributed by atoms with Crippen LogP contribution in [-0.2, 0) is 6.54 Å². The molecule has 0 aliphatic carbocycles. The van der Waals surface area contributed by atoms with Gasteiger partial charge in [-0.25, -0.2) is 0 Å². The number of benzene rings is 1. The Kier molecular flexibility index (Phi) is 2.58.